The van der Waals surface area contributed by atoms with Gasteiger partial charge in [0.2, 0.25) is 5.91 Å². The van der Waals surface area contributed by atoms with Gasteiger partial charge in [-0.3, -0.25) is 14.3 Å². The van der Waals surface area contributed by atoms with Crippen LogP contribution < -0.4 is 5.32 Å². The molecule has 2 heterocycles. The van der Waals surface area contributed by atoms with Crippen LogP contribution in [0.5, 0.6) is 0 Å². The lowest BCUT2D eigenvalue weighted by Crippen LogP contribution is -2.14. The number of hydrogen-bond donors (Lipinski definition) is 1. The molecular weight excluding hydrogens is 438 g/mol. The van der Waals surface area contributed by atoms with Crippen LogP contribution in [0.1, 0.15) is 33.2 Å². The molecule has 0 aliphatic carbocycles. The topological polar surface area (TPSA) is 90.3 Å². The van der Waals surface area contributed by atoms with Crippen LogP contribution in [0.25, 0.3) is 10.6 Å². The number of nitrogens with one attached hydrogen (secondary N) is 1. The summed E-state index contributed by atoms with van der Waals surface area (Å²) in [5, 5.41) is 9.14. The molecule has 0 radical (unpaired) electrons. The van der Waals surface area contributed by atoms with E-state index < -0.39 is 12.6 Å². The van der Waals surface area contributed by atoms with Gasteiger partial charge in [-0.25, -0.2) is 4.79 Å². The predicted octanol–water partition coefficient (Wildman–Crippen LogP) is 4.66. The average molecular weight is 460 g/mol. The van der Waals surface area contributed by atoms with Crippen molar-refractivity contribution in [2.45, 2.75) is 13.5 Å². The summed E-state index contributed by atoms with van der Waals surface area (Å²) in [6.07, 6.45) is 1.65. The SMILES string of the molecule is CC(=O)Nc1ccc(C(=O)COC(=O)c2cn(Cc3ccccc3)nc2-c2cccs2)cc1. The van der Waals surface area contributed by atoms with E-state index >= 15 is 0 Å². The highest BCUT2D eigenvalue weighted by Crippen LogP contribution is 2.27. The minimum atomic E-state index is -0.610. The second-order valence-corrected chi connectivity index (χ2v) is 8.26. The maximum Gasteiger partial charge on any atom is 0.342 e. The molecule has 0 aliphatic heterocycles. The molecule has 1 amide bonds. The van der Waals surface area contributed by atoms with Crippen molar-refractivity contribution in [3.63, 3.8) is 0 Å². The predicted molar refractivity (Wildman–Crippen MR) is 126 cm³/mol. The van der Waals surface area contributed by atoms with E-state index in [0.29, 0.717) is 29.1 Å². The normalized spacial score (nSPS) is 10.6. The zero-order valence-corrected chi connectivity index (χ0v) is 18.7. The molecule has 0 aliphatic rings. The van der Waals surface area contributed by atoms with Gasteiger partial charge in [0, 0.05) is 24.4 Å². The van der Waals surface area contributed by atoms with E-state index in [0.717, 1.165) is 10.4 Å². The molecule has 2 aromatic heterocycles. The van der Waals surface area contributed by atoms with E-state index in [9.17, 15) is 14.4 Å². The average Bonchev–Trinajstić information content (AvgIpc) is 3.48. The van der Waals surface area contributed by atoms with Gasteiger partial charge in [0.25, 0.3) is 0 Å². The monoisotopic (exact) mass is 459 g/mol. The van der Waals surface area contributed by atoms with Crippen molar-refractivity contribution in [3.05, 3.63) is 95.0 Å². The first-order valence-electron chi connectivity index (χ1n) is 10.2. The molecule has 8 heteroatoms. The molecule has 2 aromatic carbocycles. The first-order chi connectivity index (χ1) is 16.0. The fourth-order valence-corrected chi connectivity index (χ4v) is 3.98. The zero-order chi connectivity index (χ0) is 23.2. The maximum absolute atomic E-state index is 12.9. The van der Waals surface area contributed by atoms with E-state index in [2.05, 4.69) is 10.4 Å². The highest BCUT2D eigenvalue weighted by atomic mass is 32.1. The van der Waals surface area contributed by atoms with E-state index in [1.807, 2.05) is 47.8 Å². The van der Waals surface area contributed by atoms with E-state index in [1.165, 1.54) is 18.3 Å². The number of amides is 1. The molecule has 0 fully saturated rings. The van der Waals surface area contributed by atoms with Crippen molar-refractivity contribution >= 4 is 34.7 Å². The lowest BCUT2D eigenvalue weighted by Gasteiger charge is -2.06. The fraction of sp³-hybridized carbons (Fsp3) is 0.120. The number of aromatic nitrogens is 2. The Balaban J connectivity index is 1.47. The number of esters is 1. The largest absolute Gasteiger partial charge is 0.454 e. The minimum absolute atomic E-state index is 0.197. The van der Waals surface area contributed by atoms with Crippen LogP contribution >= 0.6 is 11.3 Å². The van der Waals surface area contributed by atoms with Crippen molar-refractivity contribution in [3.8, 4) is 10.6 Å². The van der Waals surface area contributed by atoms with Gasteiger partial charge in [0.05, 0.1) is 11.4 Å². The maximum atomic E-state index is 12.9. The molecule has 0 atom stereocenters. The summed E-state index contributed by atoms with van der Waals surface area (Å²) < 4.78 is 7.03. The molecule has 0 bridgehead atoms. The summed E-state index contributed by atoms with van der Waals surface area (Å²) in [6.45, 7) is 1.52. The third kappa shape index (κ3) is 5.61. The molecule has 0 spiro atoms. The quantitative estimate of drug-likeness (QED) is 0.306. The van der Waals surface area contributed by atoms with Crippen LogP contribution in [0.15, 0.2) is 78.3 Å². The molecule has 0 saturated carbocycles. The number of ether oxygens (including phenoxy) is 1. The zero-order valence-electron chi connectivity index (χ0n) is 17.9. The Labute approximate surface area is 194 Å². The smallest absolute Gasteiger partial charge is 0.342 e. The van der Waals surface area contributed by atoms with Crippen molar-refractivity contribution in [2.75, 3.05) is 11.9 Å². The number of Topliss-reactive ketones (excluding diaryl/α,β-unsaturated/α-hetero) is 1. The number of benzene rings is 2. The highest BCUT2D eigenvalue weighted by Gasteiger charge is 2.21. The second kappa shape index (κ2) is 10.1. The van der Waals surface area contributed by atoms with E-state index in [1.54, 1.807) is 35.1 Å². The second-order valence-electron chi connectivity index (χ2n) is 7.31. The summed E-state index contributed by atoms with van der Waals surface area (Å²) in [5.74, 6) is -1.15. The van der Waals surface area contributed by atoms with Crippen molar-refractivity contribution in [1.82, 2.24) is 9.78 Å². The van der Waals surface area contributed by atoms with Gasteiger partial charge in [-0.15, -0.1) is 11.3 Å². The van der Waals surface area contributed by atoms with Gasteiger partial charge < -0.3 is 10.1 Å². The third-order valence-corrected chi connectivity index (χ3v) is 5.66. The van der Waals surface area contributed by atoms with Gasteiger partial charge in [0.1, 0.15) is 11.3 Å². The molecular formula is C25H21N3O4S. The Kier molecular flexibility index (Phi) is 6.75. The number of anilines is 1. The summed E-state index contributed by atoms with van der Waals surface area (Å²) in [7, 11) is 0. The number of carbonyl (C=O) groups excluding carboxylic acids is 3. The molecule has 33 heavy (non-hydrogen) atoms. The van der Waals surface area contributed by atoms with Crippen molar-refractivity contribution < 1.29 is 19.1 Å². The van der Waals surface area contributed by atoms with Crippen LogP contribution in [0.3, 0.4) is 0 Å². The molecule has 4 aromatic rings. The summed E-state index contributed by atoms with van der Waals surface area (Å²) in [6, 6.07) is 20.0. The highest BCUT2D eigenvalue weighted by molar-refractivity contribution is 7.13. The Morgan fingerprint density at radius 2 is 1.76 bits per heavy atom. The van der Waals surface area contributed by atoms with Crippen LogP contribution in [-0.4, -0.2) is 34.0 Å². The summed E-state index contributed by atoms with van der Waals surface area (Å²) >= 11 is 1.47. The molecule has 4 rings (SSSR count). The Morgan fingerprint density at radius 1 is 1.00 bits per heavy atom. The van der Waals surface area contributed by atoms with Gasteiger partial charge >= 0.3 is 5.97 Å². The minimum Gasteiger partial charge on any atom is -0.454 e. The van der Waals surface area contributed by atoms with E-state index in [-0.39, 0.29) is 11.7 Å². The number of carbonyl (C=O) groups is 3. The number of hydrogen-bond acceptors (Lipinski definition) is 6. The first kappa shape index (κ1) is 22.2. The van der Waals surface area contributed by atoms with Crippen molar-refractivity contribution in [1.29, 1.82) is 0 Å². The van der Waals surface area contributed by atoms with Gasteiger partial charge in [-0.2, -0.15) is 5.10 Å². The summed E-state index contributed by atoms with van der Waals surface area (Å²) in [4.78, 5) is 37.3. The fourth-order valence-electron chi connectivity index (χ4n) is 3.25. The van der Waals surface area contributed by atoms with Gasteiger partial charge in [-0.05, 0) is 41.3 Å². The van der Waals surface area contributed by atoms with Crippen LogP contribution in [-0.2, 0) is 16.1 Å². The van der Waals surface area contributed by atoms with Crippen molar-refractivity contribution in [2.24, 2.45) is 0 Å². The Bertz CT molecular complexity index is 1260. The number of thiophene rings is 1. The number of rotatable bonds is 8. The molecule has 1 N–H and O–H groups in total. The van der Waals surface area contributed by atoms with Gasteiger partial charge in [0.15, 0.2) is 12.4 Å². The van der Waals surface area contributed by atoms with Crippen LogP contribution in [0.4, 0.5) is 5.69 Å². The summed E-state index contributed by atoms with van der Waals surface area (Å²) in [5.41, 5.74) is 2.85. The lowest BCUT2D eigenvalue weighted by atomic mass is 10.1. The number of nitrogens with zero attached hydrogens (tertiary/aromatic N) is 2. The van der Waals surface area contributed by atoms with Crippen LogP contribution in [0, 0.1) is 0 Å². The molecule has 7 nitrogen and oxygen atoms in total. The van der Waals surface area contributed by atoms with E-state index in [4.69, 9.17) is 4.74 Å². The Morgan fingerprint density at radius 3 is 2.42 bits per heavy atom. The number of ketones is 1. The van der Waals surface area contributed by atoms with Crippen LogP contribution in [0.2, 0.25) is 0 Å². The third-order valence-electron chi connectivity index (χ3n) is 4.79. The molecule has 0 unspecified atom stereocenters. The first-order valence-corrected chi connectivity index (χ1v) is 11.1. The Hall–Kier alpha value is -4.04. The molecule has 166 valence electrons. The standard InChI is InChI=1S/C25H21N3O4S/c1-17(29)26-20-11-9-19(10-12-20)22(30)16-32-25(31)21-15-28(14-18-6-3-2-4-7-18)27-24(21)23-8-5-13-33-23/h2-13,15H,14,16H2,1H3,(H,26,29). The lowest BCUT2D eigenvalue weighted by molar-refractivity contribution is -0.114. The van der Waals surface area contributed by atoms with Gasteiger partial charge in [-0.1, -0.05) is 36.4 Å². The molecule has 0 saturated heterocycles.